The van der Waals surface area contributed by atoms with Crippen molar-refractivity contribution in [3.05, 3.63) is 23.9 Å². The number of fused-ring (bicyclic) bond motifs is 2. The molecular weight excluding hydrogens is 306 g/mol. The molecule has 0 aliphatic carbocycles. The van der Waals surface area contributed by atoms with Gasteiger partial charge < -0.3 is 4.90 Å². The van der Waals surface area contributed by atoms with Crippen LogP contribution in [0.5, 0.6) is 0 Å². The monoisotopic (exact) mass is 333 g/mol. The van der Waals surface area contributed by atoms with Gasteiger partial charge in [0.2, 0.25) is 0 Å². The van der Waals surface area contributed by atoms with Crippen LogP contribution < -0.4 is 0 Å². The second-order valence-corrected chi connectivity index (χ2v) is 9.53. The van der Waals surface area contributed by atoms with E-state index in [0.29, 0.717) is 12.1 Å². The lowest BCUT2D eigenvalue weighted by molar-refractivity contribution is 0.0740. The normalized spacial score (nSPS) is 25.5. The van der Waals surface area contributed by atoms with Crippen molar-refractivity contribution in [1.29, 1.82) is 0 Å². The molecule has 0 spiro atoms. The quantitative estimate of drug-likeness (QED) is 0.778. The molecule has 23 heavy (non-hydrogen) atoms. The number of thioether (sulfide) groups is 1. The zero-order valence-corrected chi connectivity index (χ0v) is 15.4. The number of pyridine rings is 1. The van der Waals surface area contributed by atoms with Gasteiger partial charge >= 0.3 is 0 Å². The molecule has 126 valence electrons. The first-order valence-electron chi connectivity index (χ1n) is 8.50. The van der Waals surface area contributed by atoms with E-state index in [1.807, 2.05) is 17.0 Å². The summed E-state index contributed by atoms with van der Waals surface area (Å²) >= 11 is 1.71. The Morgan fingerprint density at radius 1 is 1.26 bits per heavy atom. The van der Waals surface area contributed by atoms with Crippen LogP contribution in [0.1, 0.15) is 50.4 Å². The van der Waals surface area contributed by atoms with Gasteiger partial charge in [0.05, 0.1) is 5.03 Å². The van der Waals surface area contributed by atoms with Crippen molar-refractivity contribution in [2.75, 3.05) is 20.1 Å². The summed E-state index contributed by atoms with van der Waals surface area (Å²) in [6.07, 6.45) is 5.35. The van der Waals surface area contributed by atoms with E-state index in [1.165, 1.54) is 12.8 Å². The largest absolute Gasteiger partial charge is 0.337 e. The van der Waals surface area contributed by atoms with Gasteiger partial charge in [-0.15, -0.1) is 11.8 Å². The van der Waals surface area contributed by atoms with E-state index in [9.17, 15) is 4.79 Å². The number of rotatable bonds is 2. The zero-order chi connectivity index (χ0) is 16.6. The molecule has 0 N–H and O–H groups in total. The van der Waals surface area contributed by atoms with Crippen LogP contribution in [0.25, 0.3) is 0 Å². The van der Waals surface area contributed by atoms with E-state index in [1.54, 1.807) is 18.0 Å². The lowest BCUT2D eigenvalue weighted by atomic mass is 10.1. The number of hydrogen-bond acceptors (Lipinski definition) is 4. The smallest absolute Gasteiger partial charge is 0.254 e. The second-order valence-electron chi connectivity index (χ2n) is 7.69. The summed E-state index contributed by atoms with van der Waals surface area (Å²) in [6, 6.07) is 4.98. The Hall–Kier alpha value is -1.07. The van der Waals surface area contributed by atoms with E-state index in [0.717, 1.165) is 30.1 Å². The molecule has 1 aromatic heterocycles. The molecule has 4 nitrogen and oxygen atoms in total. The van der Waals surface area contributed by atoms with E-state index >= 15 is 0 Å². The highest BCUT2D eigenvalue weighted by Crippen LogP contribution is 2.32. The molecule has 1 aromatic rings. The third-order valence-corrected chi connectivity index (χ3v) is 5.87. The van der Waals surface area contributed by atoms with Crippen molar-refractivity contribution in [2.24, 2.45) is 0 Å². The number of nitrogens with zero attached hydrogens (tertiary/aromatic N) is 3. The Balaban J connectivity index is 1.74. The van der Waals surface area contributed by atoms with Crippen LogP contribution in [-0.2, 0) is 0 Å². The molecule has 2 atom stereocenters. The number of likely N-dealkylation sites (tertiary alicyclic amines) is 1. The Morgan fingerprint density at radius 3 is 2.74 bits per heavy atom. The molecular formula is C18H27N3OS. The highest BCUT2D eigenvalue weighted by Gasteiger charge is 2.36. The van der Waals surface area contributed by atoms with Gasteiger partial charge in [-0.05, 0) is 38.4 Å². The lowest BCUT2D eigenvalue weighted by Crippen LogP contribution is -2.39. The Morgan fingerprint density at radius 2 is 2.00 bits per heavy atom. The molecule has 2 fully saturated rings. The SMILES string of the molecule is CN1C2CCC1CN(C(=O)c1ccnc(SC(C)(C)C)c1)CC2. The third kappa shape index (κ3) is 3.89. The fraction of sp³-hybridized carbons (Fsp3) is 0.667. The van der Waals surface area contributed by atoms with Crippen LogP contribution in [0.4, 0.5) is 0 Å². The predicted molar refractivity (Wildman–Crippen MR) is 94.9 cm³/mol. The number of carbonyl (C=O) groups excluding carboxylic acids is 1. The van der Waals surface area contributed by atoms with E-state index in [-0.39, 0.29) is 10.7 Å². The number of hydrogen-bond donors (Lipinski definition) is 0. The van der Waals surface area contributed by atoms with Gasteiger partial charge in [0.25, 0.3) is 5.91 Å². The van der Waals surface area contributed by atoms with Crippen LogP contribution in [0.15, 0.2) is 23.4 Å². The molecule has 2 aliphatic rings. The fourth-order valence-corrected chi connectivity index (χ4v) is 4.51. The molecule has 2 aliphatic heterocycles. The van der Waals surface area contributed by atoms with Crippen LogP contribution in [-0.4, -0.2) is 57.7 Å². The van der Waals surface area contributed by atoms with Crippen LogP contribution in [0.2, 0.25) is 0 Å². The molecule has 0 radical (unpaired) electrons. The van der Waals surface area contributed by atoms with Crippen molar-refractivity contribution >= 4 is 17.7 Å². The van der Waals surface area contributed by atoms with E-state index in [4.69, 9.17) is 0 Å². The lowest BCUT2D eigenvalue weighted by Gasteiger charge is -2.26. The minimum Gasteiger partial charge on any atom is -0.337 e. The standard InChI is InChI=1S/C18H27N3OS/c1-18(2,3)23-16-11-13(7-9-19-16)17(22)21-10-8-14-5-6-15(12-21)20(14)4/h7,9,11,14-15H,5-6,8,10,12H2,1-4H3. The molecule has 0 saturated carbocycles. The average Bonchev–Trinajstić information content (AvgIpc) is 2.70. The number of amides is 1. The zero-order valence-electron chi connectivity index (χ0n) is 14.6. The Bertz CT molecular complexity index is 584. The van der Waals surface area contributed by atoms with Crippen molar-refractivity contribution in [3.8, 4) is 0 Å². The molecule has 2 unspecified atom stereocenters. The van der Waals surface area contributed by atoms with Gasteiger partial charge in [-0.1, -0.05) is 20.8 Å². The molecule has 0 aromatic carbocycles. The Labute approximate surface area is 143 Å². The summed E-state index contributed by atoms with van der Waals surface area (Å²) in [5, 5.41) is 0.928. The molecule has 5 heteroatoms. The number of likely N-dealkylation sites (N-methyl/N-ethyl adjacent to an activating group) is 1. The van der Waals surface area contributed by atoms with Crippen LogP contribution in [0.3, 0.4) is 0 Å². The third-order valence-electron chi connectivity index (χ3n) is 4.83. The maximum Gasteiger partial charge on any atom is 0.254 e. The summed E-state index contributed by atoms with van der Waals surface area (Å²) in [4.78, 5) is 21.8. The first-order chi connectivity index (χ1) is 10.8. The summed E-state index contributed by atoms with van der Waals surface area (Å²) in [6.45, 7) is 8.21. The highest BCUT2D eigenvalue weighted by atomic mass is 32.2. The van der Waals surface area contributed by atoms with Gasteiger partial charge in [0.15, 0.2) is 0 Å². The molecule has 2 bridgehead atoms. The minimum absolute atomic E-state index is 0.0964. The molecule has 3 rings (SSSR count). The van der Waals surface area contributed by atoms with Crippen molar-refractivity contribution in [1.82, 2.24) is 14.8 Å². The number of carbonyl (C=O) groups is 1. The fourth-order valence-electron chi connectivity index (χ4n) is 3.59. The summed E-state index contributed by atoms with van der Waals surface area (Å²) in [5.41, 5.74) is 0.771. The Kier molecular flexibility index (Phi) is 4.70. The second kappa shape index (κ2) is 6.44. The van der Waals surface area contributed by atoms with Gasteiger partial charge in [-0.2, -0.15) is 0 Å². The van der Waals surface area contributed by atoms with Gasteiger partial charge in [0.1, 0.15) is 0 Å². The van der Waals surface area contributed by atoms with Crippen LogP contribution >= 0.6 is 11.8 Å². The highest BCUT2D eigenvalue weighted by molar-refractivity contribution is 8.00. The predicted octanol–water partition coefficient (Wildman–Crippen LogP) is 3.28. The minimum atomic E-state index is 0.0964. The van der Waals surface area contributed by atoms with Gasteiger partial charge in [0, 0.05) is 41.7 Å². The summed E-state index contributed by atoms with van der Waals surface area (Å²) in [5.74, 6) is 0.157. The van der Waals surface area contributed by atoms with Crippen LogP contribution in [0, 0.1) is 0 Å². The summed E-state index contributed by atoms with van der Waals surface area (Å²) in [7, 11) is 2.21. The maximum atomic E-state index is 12.9. The average molecular weight is 334 g/mol. The van der Waals surface area contributed by atoms with Crippen molar-refractivity contribution in [3.63, 3.8) is 0 Å². The first kappa shape index (κ1) is 16.8. The number of aromatic nitrogens is 1. The van der Waals surface area contributed by atoms with Gasteiger partial charge in [-0.3, -0.25) is 9.69 Å². The molecule has 3 heterocycles. The van der Waals surface area contributed by atoms with E-state index < -0.39 is 0 Å². The topological polar surface area (TPSA) is 36.4 Å². The van der Waals surface area contributed by atoms with Gasteiger partial charge in [-0.25, -0.2) is 4.98 Å². The van der Waals surface area contributed by atoms with Crippen molar-refractivity contribution in [2.45, 2.75) is 61.9 Å². The van der Waals surface area contributed by atoms with Crippen molar-refractivity contribution < 1.29 is 4.79 Å². The van der Waals surface area contributed by atoms with E-state index in [2.05, 4.69) is 37.7 Å². The maximum absolute atomic E-state index is 12.9. The molecule has 2 saturated heterocycles. The first-order valence-corrected chi connectivity index (χ1v) is 9.31. The molecule has 1 amide bonds. The summed E-state index contributed by atoms with van der Waals surface area (Å²) < 4.78 is 0.0964.